The highest BCUT2D eigenvalue weighted by molar-refractivity contribution is 7.15. The van der Waals surface area contributed by atoms with Crippen molar-refractivity contribution in [2.24, 2.45) is 5.92 Å². The lowest BCUT2D eigenvalue weighted by atomic mass is 9.78. The van der Waals surface area contributed by atoms with E-state index in [1.54, 1.807) is 29.2 Å². The maximum absolute atomic E-state index is 13.9. The average molecular weight is 491 g/mol. The minimum Gasteiger partial charge on any atom is -0.441 e. The van der Waals surface area contributed by atoms with E-state index in [2.05, 4.69) is 25.7 Å². The number of amides is 1. The number of aromatic nitrogens is 4. The summed E-state index contributed by atoms with van der Waals surface area (Å²) in [6.45, 7) is 3.16. The van der Waals surface area contributed by atoms with Crippen molar-refractivity contribution in [2.75, 3.05) is 23.3 Å². The van der Waals surface area contributed by atoms with Crippen LogP contribution in [0.15, 0.2) is 36.4 Å². The van der Waals surface area contributed by atoms with Gasteiger partial charge in [0.1, 0.15) is 22.2 Å². The zero-order valence-electron chi connectivity index (χ0n) is 18.0. The Balaban J connectivity index is 0.00000259. The molecule has 1 aliphatic heterocycles. The number of rotatable bonds is 5. The minimum atomic E-state index is -0.436. The minimum absolute atomic E-state index is 0. The molecule has 2 aliphatic rings. The molecule has 5 rings (SSSR count). The molecule has 33 heavy (non-hydrogen) atoms. The van der Waals surface area contributed by atoms with Crippen LogP contribution in [0, 0.1) is 18.7 Å². The van der Waals surface area contributed by atoms with Crippen LogP contribution in [0.25, 0.3) is 11.3 Å². The van der Waals surface area contributed by atoms with Gasteiger partial charge in [-0.25, -0.2) is 14.1 Å². The monoisotopic (exact) mass is 490 g/mol. The summed E-state index contributed by atoms with van der Waals surface area (Å²) in [5, 5.41) is 21.2. The molecule has 3 heterocycles. The van der Waals surface area contributed by atoms with Gasteiger partial charge in [0, 0.05) is 12.1 Å². The summed E-state index contributed by atoms with van der Waals surface area (Å²) in [7, 11) is 0. The highest BCUT2D eigenvalue weighted by Gasteiger charge is 2.48. The lowest BCUT2D eigenvalue weighted by Gasteiger charge is -2.35. The number of halogens is 2. The van der Waals surface area contributed by atoms with Crippen molar-refractivity contribution < 1.29 is 13.9 Å². The van der Waals surface area contributed by atoms with Crippen molar-refractivity contribution in [1.82, 2.24) is 20.4 Å². The Hall–Kier alpha value is -2.85. The lowest BCUT2D eigenvalue weighted by molar-refractivity contribution is 0.0148. The second-order valence-corrected chi connectivity index (χ2v) is 9.51. The van der Waals surface area contributed by atoms with Gasteiger partial charge in [0.05, 0.1) is 12.2 Å². The zero-order valence-corrected chi connectivity index (χ0v) is 19.7. The Morgan fingerprint density at radius 1 is 1.15 bits per heavy atom. The smallest absolute Gasteiger partial charge is 0.416 e. The van der Waals surface area contributed by atoms with Crippen LogP contribution in [0.2, 0.25) is 0 Å². The van der Waals surface area contributed by atoms with E-state index in [-0.39, 0.29) is 24.3 Å². The van der Waals surface area contributed by atoms with Crippen LogP contribution in [0.5, 0.6) is 0 Å². The number of hydrogen-bond donors (Lipinski definition) is 1. The Morgan fingerprint density at radius 3 is 2.61 bits per heavy atom. The second-order valence-electron chi connectivity index (χ2n) is 8.35. The SMILES string of the molecule is Cc1nnc(N2CC3(CCC(CNc4ccc(-c5ccccc5F)nn4)CC3)OC2=O)s1.Cl. The first kappa shape index (κ1) is 23.3. The highest BCUT2D eigenvalue weighted by atomic mass is 35.5. The molecular formula is C22H24ClFN6O2S. The molecular weight excluding hydrogens is 467 g/mol. The van der Waals surface area contributed by atoms with Crippen molar-refractivity contribution in [2.45, 2.75) is 38.2 Å². The van der Waals surface area contributed by atoms with Gasteiger partial charge in [-0.05, 0) is 62.8 Å². The number of nitrogens with zero attached hydrogens (tertiary/aromatic N) is 5. The van der Waals surface area contributed by atoms with E-state index in [0.29, 0.717) is 34.7 Å². The summed E-state index contributed by atoms with van der Waals surface area (Å²) in [5.41, 5.74) is 0.508. The number of carbonyl (C=O) groups is 1. The molecule has 0 unspecified atom stereocenters. The molecule has 174 valence electrons. The largest absolute Gasteiger partial charge is 0.441 e. The predicted octanol–water partition coefficient (Wildman–Crippen LogP) is 4.86. The molecule has 1 aromatic carbocycles. The third-order valence-corrected chi connectivity index (χ3v) is 6.98. The van der Waals surface area contributed by atoms with E-state index in [9.17, 15) is 9.18 Å². The number of ether oxygens (including phenoxy) is 1. The van der Waals surface area contributed by atoms with Gasteiger partial charge < -0.3 is 10.1 Å². The molecule has 1 N–H and O–H groups in total. The van der Waals surface area contributed by atoms with E-state index < -0.39 is 5.60 Å². The normalized spacial score (nSPS) is 22.2. The lowest BCUT2D eigenvalue weighted by Crippen LogP contribution is -2.39. The molecule has 1 spiro atoms. The van der Waals surface area contributed by atoms with Gasteiger partial charge in [-0.3, -0.25) is 0 Å². The van der Waals surface area contributed by atoms with Crippen molar-refractivity contribution in [3.05, 3.63) is 47.2 Å². The van der Waals surface area contributed by atoms with Gasteiger partial charge in [-0.15, -0.1) is 32.8 Å². The summed E-state index contributed by atoms with van der Waals surface area (Å²) in [5.74, 6) is 0.798. The van der Waals surface area contributed by atoms with E-state index >= 15 is 0 Å². The first-order chi connectivity index (χ1) is 15.5. The Labute approximate surface area is 201 Å². The molecule has 2 fully saturated rings. The molecule has 0 bridgehead atoms. The van der Waals surface area contributed by atoms with Crippen molar-refractivity contribution in [1.29, 1.82) is 0 Å². The van der Waals surface area contributed by atoms with Crippen molar-refractivity contribution in [3.8, 4) is 11.3 Å². The number of anilines is 2. The van der Waals surface area contributed by atoms with Crippen molar-refractivity contribution in [3.63, 3.8) is 0 Å². The molecule has 0 radical (unpaired) electrons. The van der Waals surface area contributed by atoms with E-state index in [4.69, 9.17) is 4.74 Å². The van der Waals surface area contributed by atoms with Gasteiger partial charge in [-0.2, -0.15) is 0 Å². The molecule has 8 nitrogen and oxygen atoms in total. The molecule has 2 aromatic heterocycles. The average Bonchev–Trinajstić information content (AvgIpc) is 3.37. The topological polar surface area (TPSA) is 93.1 Å². The fraction of sp³-hybridized carbons (Fsp3) is 0.409. The van der Waals surface area contributed by atoms with Gasteiger partial charge in [-0.1, -0.05) is 23.5 Å². The number of nitrogens with one attached hydrogen (secondary N) is 1. The Kier molecular flexibility index (Phi) is 6.76. The fourth-order valence-corrected chi connectivity index (χ4v) is 5.00. The number of hydrogen-bond acceptors (Lipinski definition) is 8. The van der Waals surface area contributed by atoms with E-state index in [1.165, 1.54) is 17.4 Å². The van der Waals surface area contributed by atoms with Crippen molar-refractivity contribution >= 4 is 40.8 Å². The second kappa shape index (κ2) is 9.56. The van der Waals surface area contributed by atoms with Crippen LogP contribution in [0.3, 0.4) is 0 Å². The summed E-state index contributed by atoms with van der Waals surface area (Å²) >= 11 is 1.40. The van der Waals surface area contributed by atoms with Gasteiger partial charge in [0.2, 0.25) is 5.13 Å². The molecule has 1 amide bonds. The standard InChI is InChI=1S/C22H23FN6O2S.ClH/c1-14-25-28-20(32-14)29-13-22(31-21(29)30)10-8-15(9-11-22)12-24-19-7-6-18(26-27-19)16-4-2-3-5-17(16)23;/h2-7,15H,8-13H2,1H3,(H,24,27);1H. The summed E-state index contributed by atoms with van der Waals surface area (Å²) < 4.78 is 19.7. The van der Waals surface area contributed by atoms with Crippen LogP contribution in [-0.2, 0) is 4.74 Å². The van der Waals surface area contributed by atoms with E-state index in [1.807, 2.05) is 13.0 Å². The maximum Gasteiger partial charge on any atom is 0.416 e. The Morgan fingerprint density at radius 2 is 1.94 bits per heavy atom. The molecule has 1 saturated heterocycles. The quantitative estimate of drug-likeness (QED) is 0.545. The first-order valence-electron chi connectivity index (χ1n) is 10.6. The molecule has 1 aliphatic carbocycles. The highest BCUT2D eigenvalue weighted by Crippen LogP contribution is 2.41. The van der Waals surface area contributed by atoms with Gasteiger partial charge in [0.15, 0.2) is 0 Å². The third kappa shape index (κ3) is 4.91. The van der Waals surface area contributed by atoms with Crippen LogP contribution in [0.4, 0.5) is 20.1 Å². The van der Waals surface area contributed by atoms with Gasteiger partial charge in [0.25, 0.3) is 0 Å². The van der Waals surface area contributed by atoms with Crippen LogP contribution < -0.4 is 10.2 Å². The number of carbonyl (C=O) groups excluding carboxylic acids is 1. The molecule has 1 saturated carbocycles. The molecule has 11 heteroatoms. The first-order valence-corrected chi connectivity index (χ1v) is 11.5. The summed E-state index contributed by atoms with van der Waals surface area (Å²) in [6, 6.07) is 10.1. The predicted molar refractivity (Wildman–Crippen MR) is 126 cm³/mol. The zero-order chi connectivity index (χ0) is 22.1. The summed E-state index contributed by atoms with van der Waals surface area (Å²) in [6.07, 6.45) is 3.20. The molecule has 3 aromatic rings. The van der Waals surface area contributed by atoms with Gasteiger partial charge >= 0.3 is 6.09 Å². The van der Waals surface area contributed by atoms with Crippen LogP contribution in [-0.4, -0.2) is 45.2 Å². The third-order valence-electron chi connectivity index (χ3n) is 6.12. The fourth-order valence-electron chi connectivity index (χ4n) is 4.32. The number of benzene rings is 1. The van der Waals surface area contributed by atoms with E-state index in [0.717, 1.165) is 37.2 Å². The number of aryl methyl sites for hydroxylation is 1. The molecule has 0 atom stereocenters. The van der Waals surface area contributed by atoms with Crippen LogP contribution in [0.1, 0.15) is 30.7 Å². The van der Waals surface area contributed by atoms with Crippen LogP contribution >= 0.6 is 23.7 Å². The maximum atomic E-state index is 13.9. The summed E-state index contributed by atoms with van der Waals surface area (Å²) in [4.78, 5) is 14.0. The Bertz CT molecular complexity index is 1120.